The smallest absolute Gasteiger partial charge is 0.293 e. The molecule has 3 rings (SSSR count). The van der Waals surface area contributed by atoms with E-state index in [4.69, 9.17) is 0 Å². The van der Waals surface area contributed by atoms with Gasteiger partial charge in [0.25, 0.3) is 5.56 Å². The first-order valence-corrected chi connectivity index (χ1v) is 9.08. The molecule has 1 atom stereocenters. The first-order valence-electron chi connectivity index (χ1n) is 9.08. The summed E-state index contributed by atoms with van der Waals surface area (Å²) in [6.07, 6.45) is 8.74. The first kappa shape index (κ1) is 17.9. The third-order valence-electron chi connectivity index (χ3n) is 4.49. The summed E-state index contributed by atoms with van der Waals surface area (Å²) in [6.45, 7) is 2.17. The van der Waals surface area contributed by atoms with Gasteiger partial charge in [0.05, 0.1) is 17.9 Å². The second kappa shape index (κ2) is 8.47. The molecular formula is C20H24N4O2. The Kier molecular flexibility index (Phi) is 5.84. The van der Waals surface area contributed by atoms with Crippen molar-refractivity contribution in [1.29, 1.82) is 0 Å². The van der Waals surface area contributed by atoms with E-state index in [0.717, 1.165) is 37.1 Å². The van der Waals surface area contributed by atoms with Crippen LogP contribution in [0.1, 0.15) is 50.8 Å². The Morgan fingerprint density at radius 3 is 2.65 bits per heavy atom. The van der Waals surface area contributed by atoms with E-state index in [9.17, 15) is 9.90 Å². The zero-order chi connectivity index (χ0) is 18.4. The fraction of sp³-hybridized carbons (Fsp3) is 0.350. The molecule has 0 saturated heterocycles. The second-order valence-electron chi connectivity index (χ2n) is 6.39. The molecule has 26 heavy (non-hydrogen) atoms. The maximum atomic E-state index is 12.4. The molecule has 0 bridgehead atoms. The van der Waals surface area contributed by atoms with Crippen LogP contribution in [0.15, 0.2) is 59.7 Å². The highest BCUT2D eigenvalue weighted by Gasteiger charge is 2.19. The number of rotatable bonds is 8. The summed E-state index contributed by atoms with van der Waals surface area (Å²) in [6, 6.07) is 12.6. The van der Waals surface area contributed by atoms with E-state index in [2.05, 4.69) is 17.2 Å². The van der Waals surface area contributed by atoms with Gasteiger partial charge in [-0.3, -0.25) is 4.79 Å². The highest BCUT2D eigenvalue weighted by atomic mass is 16.3. The number of hydrogen-bond acceptors (Lipinski definition) is 4. The van der Waals surface area contributed by atoms with E-state index in [0.29, 0.717) is 0 Å². The number of hydrogen-bond donors (Lipinski definition) is 1. The molecule has 0 aliphatic rings. The molecule has 6 heteroatoms. The molecule has 0 spiro atoms. The zero-order valence-corrected chi connectivity index (χ0v) is 15.0. The van der Waals surface area contributed by atoms with Gasteiger partial charge in [0.2, 0.25) is 0 Å². The fourth-order valence-corrected chi connectivity index (χ4v) is 3.07. The lowest BCUT2D eigenvalue weighted by Gasteiger charge is -2.17. The van der Waals surface area contributed by atoms with E-state index >= 15 is 0 Å². The topological polar surface area (TPSA) is 72.9 Å². The molecule has 1 unspecified atom stereocenters. The summed E-state index contributed by atoms with van der Waals surface area (Å²) in [4.78, 5) is 12.4. The molecule has 136 valence electrons. The summed E-state index contributed by atoms with van der Waals surface area (Å²) in [5.41, 5.74) is 1.24. The minimum Gasteiger partial charge on any atom is -0.503 e. The summed E-state index contributed by atoms with van der Waals surface area (Å²) in [5, 5.41) is 18.3. The monoisotopic (exact) mass is 352 g/mol. The zero-order valence-electron chi connectivity index (χ0n) is 15.0. The van der Waals surface area contributed by atoms with Crippen LogP contribution < -0.4 is 5.56 Å². The van der Waals surface area contributed by atoms with Gasteiger partial charge in [0, 0.05) is 6.20 Å². The maximum absolute atomic E-state index is 12.4. The van der Waals surface area contributed by atoms with Crippen molar-refractivity contribution < 1.29 is 5.11 Å². The van der Waals surface area contributed by atoms with Crippen LogP contribution in [0.25, 0.3) is 5.69 Å². The molecule has 0 saturated carbocycles. The minimum absolute atomic E-state index is 0.246. The van der Waals surface area contributed by atoms with Crippen LogP contribution in [0.2, 0.25) is 0 Å². The van der Waals surface area contributed by atoms with Crippen LogP contribution in [-0.4, -0.2) is 24.7 Å². The van der Waals surface area contributed by atoms with Crippen molar-refractivity contribution in [3.63, 3.8) is 0 Å². The van der Waals surface area contributed by atoms with Crippen molar-refractivity contribution in [2.75, 3.05) is 0 Å². The lowest BCUT2D eigenvalue weighted by molar-refractivity contribution is 0.433. The van der Waals surface area contributed by atoms with Crippen molar-refractivity contribution in [2.45, 2.75) is 45.1 Å². The van der Waals surface area contributed by atoms with Gasteiger partial charge in [-0.25, -0.2) is 4.68 Å². The van der Waals surface area contributed by atoms with Crippen molar-refractivity contribution in [3.8, 4) is 11.4 Å². The molecule has 0 radical (unpaired) electrons. The molecule has 0 fully saturated rings. The molecule has 3 aromatic rings. The summed E-state index contributed by atoms with van der Waals surface area (Å²) >= 11 is 0. The van der Waals surface area contributed by atoms with Crippen LogP contribution in [0.5, 0.6) is 5.75 Å². The van der Waals surface area contributed by atoms with E-state index < -0.39 is 5.56 Å². The standard InChI is InChI=1S/C20H24N4O2/c1-2-3-4-8-12-18(23-14-9-13-19(25)20(23)26)17-15-24(22-21-17)16-10-6-5-7-11-16/h5-7,9-11,13-15,18,25H,2-4,8,12H2,1H3. The van der Waals surface area contributed by atoms with Crippen molar-refractivity contribution in [3.05, 3.63) is 70.9 Å². The third-order valence-corrected chi connectivity index (χ3v) is 4.49. The van der Waals surface area contributed by atoms with Gasteiger partial charge in [-0.1, -0.05) is 56.0 Å². The van der Waals surface area contributed by atoms with Gasteiger partial charge >= 0.3 is 0 Å². The van der Waals surface area contributed by atoms with Gasteiger partial charge in [0.1, 0.15) is 5.69 Å². The van der Waals surface area contributed by atoms with Crippen molar-refractivity contribution in [2.24, 2.45) is 0 Å². The predicted octanol–water partition coefficient (Wildman–Crippen LogP) is 3.69. The predicted molar refractivity (Wildman–Crippen MR) is 101 cm³/mol. The lowest BCUT2D eigenvalue weighted by Crippen LogP contribution is -2.25. The maximum Gasteiger partial charge on any atom is 0.293 e. The lowest BCUT2D eigenvalue weighted by atomic mass is 10.0. The number of benzene rings is 1. The van der Waals surface area contributed by atoms with E-state index in [1.165, 1.54) is 12.5 Å². The quantitative estimate of drug-likeness (QED) is 0.628. The molecule has 6 nitrogen and oxygen atoms in total. The van der Waals surface area contributed by atoms with Crippen LogP contribution in [0.3, 0.4) is 0 Å². The van der Waals surface area contributed by atoms with Crippen LogP contribution in [0, 0.1) is 0 Å². The molecule has 2 heterocycles. The summed E-state index contributed by atoms with van der Waals surface area (Å²) in [7, 11) is 0. The average molecular weight is 352 g/mol. The number of unbranched alkanes of at least 4 members (excludes halogenated alkanes) is 3. The Bertz CT molecular complexity index is 886. The largest absolute Gasteiger partial charge is 0.503 e. The normalized spacial score (nSPS) is 12.2. The van der Waals surface area contributed by atoms with Crippen molar-refractivity contribution >= 4 is 0 Å². The van der Waals surface area contributed by atoms with Crippen LogP contribution in [-0.2, 0) is 0 Å². The second-order valence-corrected chi connectivity index (χ2v) is 6.39. The molecule has 1 N–H and O–H groups in total. The Morgan fingerprint density at radius 1 is 1.08 bits per heavy atom. The highest BCUT2D eigenvalue weighted by Crippen LogP contribution is 2.23. The molecule has 0 aliphatic carbocycles. The molecular weight excluding hydrogens is 328 g/mol. The van der Waals surface area contributed by atoms with Crippen molar-refractivity contribution in [1.82, 2.24) is 19.6 Å². The van der Waals surface area contributed by atoms with Gasteiger partial charge < -0.3 is 9.67 Å². The molecule has 1 aromatic carbocycles. The minimum atomic E-state index is -0.401. The number of pyridine rings is 1. The van der Waals surface area contributed by atoms with Gasteiger partial charge in [0.15, 0.2) is 5.75 Å². The van der Waals surface area contributed by atoms with Crippen LogP contribution in [0.4, 0.5) is 0 Å². The fourth-order valence-electron chi connectivity index (χ4n) is 3.07. The van der Waals surface area contributed by atoms with E-state index in [-0.39, 0.29) is 11.8 Å². The Hall–Kier alpha value is -2.89. The number of nitrogens with zero attached hydrogens (tertiary/aromatic N) is 4. The molecule has 0 aliphatic heterocycles. The van der Waals surface area contributed by atoms with Crippen LogP contribution >= 0.6 is 0 Å². The molecule has 2 aromatic heterocycles. The number of aromatic hydroxyl groups is 1. The summed E-state index contributed by atoms with van der Waals surface area (Å²) in [5.74, 6) is -0.249. The van der Waals surface area contributed by atoms with Gasteiger partial charge in [-0.2, -0.15) is 0 Å². The number of aromatic nitrogens is 4. The Balaban J connectivity index is 1.92. The average Bonchev–Trinajstić information content (AvgIpc) is 3.15. The van der Waals surface area contributed by atoms with E-state index in [1.807, 2.05) is 36.5 Å². The SMILES string of the molecule is CCCCCCC(c1cn(-c2ccccc2)nn1)n1cccc(O)c1=O. The third kappa shape index (κ3) is 4.02. The Morgan fingerprint density at radius 2 is 1.88 bits per heavy atom. The van der Waals surface area contributed by atoms with E-state index in [1.54, 1.807) is 21.5 Å². The number of para-hydroxylation sites is 1. The summed E-state index contributed by atoms with van der Waals surface area (Å²) < 4.78 is 3.27. The first-order chi connectivity index (χ1) is 12.7. The molecule has 0 amide bonds. The van der Waals surface area contributed by atoms with Gasteiger partial charge in [-0.05, 0) is 30.7 Å². The van der Waals surface area contributed by atoms with Gasteiger partial charge in [-0.15, -0.1) is 5.10 Å². The highest BCUT2D eigenvalue weighted by molar-refractivity contribution is 5.30. The Labute approximate surface area is 152 Å².